The summed E-state index contributed by atoms with van der Waals surface area (Å²) in [5.74, 6) is 1.73. The van der Waals surface area contributed by atoms with Crippen LogP contribution in [-0.2, 0) is 17.1 Å². The van der Waals surface area contributed by atoms with Crippen molar-refractivity contribution in [3.8, 4) is 0 Å². The maximum atomic E-state index is 3.10. The van der Waals surface area contributed by atoms with Crippen LogP contribution in [-0.4, -0.2) is 30.2 Å². The average molecular weight is 694 g/mol. The van der Waals surface area contributed by atoms with E-state index in [4.69, 9.17) is 0 Å². The van der Waals surface area contributed by atoms with Gasteiger partial charge in [-0.3, -0.25) is 0 Å². The van der Waals surface area contributed by atoms with Gasteiger partial charge in [-0.25, -0.2) is 0 Å². The quantitative estimate of drug-likeness (QED) is 0.328. The zero-order valence-corrected chi connectivity index (χ0v) is 31.1. The fourth-order valence-electron chi connectivity index (χ4n) is 8.91. The summed E-state index contributed by atoms with van der Waals surface area (Å²) in [5.41, 5.74) is 14.3. The molecule has 1 saturated heterocycles. The molecule has 0 N–H and O–H groups in total. The second-order valence-corrected chi connectivity index (χ2v) is 104. The van der Waals surface area contributed by atoms with E-state index < -0.39 is 17.1 Å². The molecule has 0 amide bonds. The molecule has 35 heavy (non-hydrogen) atoms. The summed E-state index contributed by atoms with van der Waals surface area (Å²) in [6.07, 6.45) is 13.8. The fourth-order valence-corrected chi connectivity index (χ4v) is 369. The molecule has 2 saturated carbocycles. The van der Waals surface area contributed by atoms with E-state index in [0.29, 0.717) is 25.7 Å². The van der Waals surface area contributed by atoms with Gasteiger partial charge in [0.25, 0.3) is 0 Å². The first-order chi connectivity index (χ1) is 16.9. The molecule has 5 heteroatoms. The van der Waals surface area contributed by atoms with Crippen LogP contribution < -0.4 is 0 Å². The van der Waals surface area contributed by atoms with E-state index >= 15 is 0 Å². The first kappa shape index (κ1) is 23.8. The van der Waals surface area contributed by atoms with Gasteiger partial charge in [-0.1, -0.05) is 0 Å². The van der Waals surface area contributed by atoms with Gasteiger partial charge in [-0.05, 0) is 0 Å². The Labute approximate surface area is 219 Å². The molecule has 0 radical (unpaired) electrons. The molecule has 4 aliphatic carbocycles. The zero-order valence-electron chi connectivity index (χ0n) is 22.3. The predicted molar refractivity (Wildman–Crippen MR) is 162 cm³/mol. The SMILES string of the molecule is CCC1=Cc2c(C3CC3)cccc2[CH]1[Hf]([CH3])([CH3])([CH]1C(CC)=Cc2c(C3CC3)cccc21)=[Si]1[SiH2][SiH2][SiH2]1. The Morgan fingerprint density at radius 1 is 0.714 bits per heavy atom. The Balaban J connectivity index is 1.50. The number of hydrogen-bond acceptors (Lipinski definition) is 0. The van der Waals surface area contributed by atoms with E-state index in [1.807, 2.05) is 22.3 Å². The van der Waals surface area contributed by atoms with Gasteiger partial charge in [0, 0.05) is 0 Å². The molecule has 2 aromatic carbocycles. The number of allylic oxidation sites excluding steroid dienone is 2. The van der Waals surface area contributed by atoms with Crippen LogP contribution in [0.4, 0.5) is 0 Å². The topological polar surface area (TPSA) is 0 Å². The number of fused-ring (bicyclic) bond motifs is 2. The average Bonchev–Trinajstić information content (AvgIpc) is 3.74. The van der Waals surface area contributed by atoms with Gasteiger partial charge in [0.2, 0.25) is 0 Å². The molecule has 0 nitrogen and oxygen atoms in total. The van der Waals surface area contributed by atoms with Gasteiger partial charge in [0.1, 0.15) is 0 Å². The van der Waals surface area contributed by atoms with Crippen LogP contribution in [0.1, 0.15) is 105 Å². The summed E-state index contributed by atoms with van der Waals surface area (Å²) < 4.78 is 7.95. The predicted octanol–water partition coefficient (Wildman–Crippen LogP) is 5.96. The molecular formula is C30H42HfSi4. The third kappa shape index (κ3) is 3.40. The van der Waals surface area contributed by atoms with Crippen LogP contribution in [0.3, 0.4) is 0 Å². The van der Waals surface area contributed by atoms with Crippen LogP contribution in [0, 0.1) is 0 Å². The second-order valence-electron chi connectivity index (χ2n) is 13.3. The van der Waals surface area contributed by atoms with Gasteiger partial charge < -0.3 is 0 Å². The number of benzene rings is 2. The van der Waals surface area contributed by atoms with Crippen molar-refractivity contribution >= 4 is 42.3 Å². The second kappa shape index (κ2) is 8.33. The molecule has 2 unspecified atom stereocenters. The summed E-state index contributed by atoms with van der Waals surface area (Å²) in [7, 11) is 1.21. The van der Waals surface area contributed by atoms with Crippen molar-refractivity contribution in [3.63, 3.8) is 0 Å². The van der Waals surface area contributed by atoms with E-state index in [1.54, 1.807) is 22.3 Å². The van der Waals surface area contributed by atoms with Crippen LogP contribution in [0.15, 0.2) is 47.5 Å². The molecule has 3 fully saturated rings. The fraction of sp³-hybridized carbons (Fsp3) is 0.467. The van der Waals surface area contributed by atoms with Crippen molar-refractivity contribution in [3.05, 3.63) is 80.9 Å². The van der Waals surface area contributed by atoms with Crippen molar-refractivity contribution in [2.75, 3.05) is 0 Å². The van der Waals surface area contributed by atoms with Crippen molar-refractivity contribution < 1.29 is 17.1 Å². The van der Waals surface area contributed by atoms with Crippen molar-refractivity contribution in [2.24, 2.45) is 0 Å². The van der Waals surface area contributed by atoms with Crippen LogP contribution in [0.2, 0.25) is 9.36 Å². The zero-order chi connectivity index (χ0) is 24.0. The monoisotopic (exact) mass is 694 g/mol. The normalized spacial score (nSPS) is 27.7. The van der Waals surface area contributed by atoms with Gasteiger partial charge in [-0.15, -0.1) is 0 Å². The Morgan fingerprint density at radius 3 is 1.49 bits per heavy atom. The molecule has 0 spiro atoms. The molecule has 1 aliphatic heterocycles. The Kier molecular flexibility index (Phi) is 5.65. The summed E-state index contributed by atoms with van der Waals surface area (Å²) in [5, 5.41) is 0. The molecule has 182 valence electrons. The van der Waals surface area contributed by atoms with E-state index in [0.717, 1.165) is 19.2 Å². The molecule has 0 bridgehead atoms. The summed E-state index contributed by atoms with van der Waals surface area (Å²) >= 11 is -3.43. The summed E-state index contributed by atoms with van der Waals surface area (Å²) in [6.45, 7) is 4.98. The van der Waals surface area contributed by atoms with E-state index in [1.165, 1.54) is 38.5 Å². The molecule has 2 atom stereocenters. The van der Waals surface area contributed by atoms with Gasteiger partial charge in [0.15, 0.2) is 0 Å². The molecule has 2 aromatic rings. The minimum absolute atomic E-state index is 0.0256. The van der Waals surface area contributed by atoms with Crippen LogP contribution in [0.25, 0.3) is 12.2 Å². The van der Waals surface area contributed by atoms with Crippen molar-refractivity contribution in [2.45, 2.75) is 80.9 Å². The number of rotatable bonds is 6. The van der Waals surface area contributed by atoms with E-state index in [-0.39, 0.29) is 4.53 Å². The molecule has 1 heterocycles. The summed E-state index contributed by atoms with van der Waals surface area (Å²) in [6, 6.07) is 15.2. The molecular weight excluding hydrogens is 651 g/mol. The standard InChI is InChI=1S/2C14H15.2CH3.Hf.H6Si4/c2*1-2-10-8-12-4-3-5-13(11-6-7-11)14(12)9-10;;;;1-2-4-3-1/h2*3-5,8-9,11H,2,6-7H2,1H3;2*1H3;;1-3H2. The molecule has 5 aliphatic rings. The Hall–Kier alpha value is -0.342. The van der Waals surface area contributed by atoms with Crippen LogP contribution >= 0.6 is 0 Å². The maximum absolute atomic E-state index is 3.43. The van der Waals surface area contributed by atoms with Crippen LogP contribution in [0.5, 0.6) is 0 Å². The molecule has 7 rings (SSSR count). The summed E-state index contributed by atoms with van der Waals surface area (Å²) in [4.78, 5) is 0. The van der Waals surface area contributed by atoms with E-state index in [2.05, 4.69) is 71.8 Å². The van der Waals surface area contributed by atoms with Gasteiger partial charge in [-0.2, -0.15) is 0 Å². The molecule has 0 aromatic heterocycles. The van der Waals surface area contributed by atoms with Crippen molar-refractivity contribution in [1.29, 1.82) is 0 Å². The van der Waals surface area contributed by atoms with Crippen molar-refractivity contribution in [1.82, 2.24) is 0 Å². The number of hydrogen-bond donors (Lipinski definition) is 0. The first-order valence-corrected chi connectivity index (χ1v) is 45.5. The Morgan fingerprint density at radius 2 is 1.14 bits per heavy atom. The third-order valence-electron chi connectivity index (χ3n) is 11.1. The van der Waals surface area contributed by atoms with Gasteiger partial charge in [0.05, 0.1) is 0 Å². The first-order valence-electron chi connectivity index (χ1n) is 14.7. The Bertz CT molecular complexity index is 1290. The third-order valence-corrected chi connectivity index (χ3v) is 226. The van der Waals surface area contributed by atoms with E-state index in [9.17, 15) is 0 Å². The van der Waals surface area contributed by atoms with Gasteiger partial charge >= 0.3 is 221 Å². The minimum atomic E-state index is -3.43.